The average molecular weight is 492 g/mol. The molecule has 10 heteroatoms. The van der Waals surface area contributed by atoms with Crippen LogP contribution in [0, 0.1) is 0 Å². The highest BCUT2D eigenvalue weighted by atomic mass is 16.5. The molecule has 4 heterocycles. The summed E-state index contributed by atoms with van der Waals surface area (Å²) in [7, 11) is 0. The van der Waals surface area contributed by atoms with Crippen LogP contribution >= 0.6 is 0 Å². The third-order valence-corrected chi connectivity index (χ3v) is 7.30. The number of amides is 1. The Labute approximate surface area is 211 Å². The van der Waals surface area contributed by atoms with E-state index in [1.165, 1.54) is 11.0 Å². The second-order valence-electron chi connectivity index (χ2n) is 9.54. The van der Waals surface area contributed by atoms with E-state index in [2.05, 4.69) is 31.5 Å². The van der Waals surface area contributed by atoms with Crippen LogP contribution < -0.4 is 0 Å². The van der Waals surface area contributed by atoms with Crippen molar-refractivity contribution >= 4 is 11.9 Å². The number of nitrogens with zero attached hydrogens (tertiary/aromatic N) is 7. The summed E-state index contributed by atoms with van der Waals surface area (Å²) in [6.07, 6.45) is 12.8. The Hall–Kier alpha value is -3.40. The van der Waals surface area contributed by atoms with Gasteiger partial charge >= 0.3 is 5.97 Å². The molecule has 190 valence electrons. The lowest BCUT2D eigenvalue weighted by atomic mass is 9.98. The summed E-state index contributed by atoms with van der Waals surface area (Å²) in [5.41, 5.74) is 4.06. The minimum Gasteiger partial charge on any atom is -0.462 e. The van der Waals surface area contributed by atoms with Crippen LogP contribution in [-0.4, -0.2) is 86.2 Å². The lowest BCUT2D eigenvalue weighted by molar-refractivity contribution is -0.140. The molecule has 2 aliphatic heterocycles. The Morgan fingerprint density at radius 1 is 1.19 bits per heavy atom. The fraction of sp³-hybridized carbons (Fsp3) is 0.538. The van der Waals surface area contributed by atoms with Gasteiger partial charge in [-0.1, -0.05) is 19.1 Å². The van der Waals surface area contributed by atoms with Crippen LogP contribution in [0.15, 0.2) is 41.9 Å². The van der Waals surface area contributed by atoms with Crippen molar-refractivity contribution in [2.45, 2.75) is 51.4 Å². The number of hydrogen-bond donors (Lipinski definition) is 0. The van der Waals surface area contributed by atoms with Gasteiger partial charge in [0.15, 0.2) is 5.82 Å². The zero-order chi connectivity index (χ0) is 24.9. The quantitative estimate of drug-likeness (QED) is 0.330. The highest BCUT2D eigenvalue weighted by Gasteiger charge is 2.33. The molecule has 0 bridgehead atoms. The van der Waals surface area contributed by atoms with Crippen LogP contribution in [-0.2, 0) is 20.7 Å². The summed E-state index contributed by atoms with van der Waals surface area (Å²) in [6, 6.07) is 1.99. The molecule has 0 saturated carbocycles. The second-order valence-corrected chi connectivity index (χ2v) is 9.54. The number of carbonyl (C=O) groups excluding carboxylic acids is 2. The molecule has 5 rings (SSSR count). The van der Waals surface area contributed by atoms with Crippen LogP contribution in [0.5, 0.6) is 0 Å². The molecule has 3 aliphatic rings. The van der Waals surface area contributed by atoms with Crippen LogP contribution in [0.3, 0.4) is 0 Å². The first-order valence-electron chi connectivity index (χ1n) is 12.9. The zero-order valence-electron chi connectivity index (χ0n) is 20.8. The predicted octanol–water partition coefficient (Wildman–Crippen LogP) is 2.22. The third-order valence-electron chi connectivity index (χ3n) is 7.30. The number of aromatic nitrogens is 5. The standard InChI is InChI=1S/C26H33N7O3/c1-2-5-21-19(9-15-36-26(21)35)6-3-4-10-31-11-13-32(14-12-31)25(34)22-8-7-20-16-24(27-17-23(20)22)33-18-28-29-30-33/h5-6,16-18,22H,2-4,7-15H2,1H3. The molecule has 2 aromatic rings. The molecule has 0 spiro atoms. The van der Waals surface area contributed by atoms with Gasteiger partial charge in [-0.25, -0.2) is 9.78 Å². The van der Waals surface area contributed by atoms with Crippen molar-refractivity contribution in [1.29, 1.82) is 0 Å². The van der Waals surface area contributed by atoms with Crippen molar-refractivity contribution in [2.24, 2.45) is 0 Å². The SMILES string of the molecule is CCC=C1C(=O)OCCC1=CCCCN1CCN(C(=O)C2CCc3cc(-n4cnnn4)ncc32)CC1. The summed E-state index contributed by atoms with van der Waals surface area (Å²) in [4.78, 5) is 34.3. The third kappa shape index (κ3) is 5.23. The molecular weight excluding hydrogens is 458 g/mol. The largest absolute Gasteiger partial charge is 0.462 e. The number of unbranched alkanes of at least 4 members (excludes halogenated alkanes) is 1. The summed E-state index contributed by atoms with van der Waals surface area (Å²) in [5.74, 6) is 0.594. The first-order valence-corrected chi connectivity index (χ1v) is 12.9. The van der Waals surface area contributed by atoms with E-state index in [1.807, 2.05) is 30.2 Å². The molecule has 1 amide bonds. The van der Waals surface area contributed by atoms with E-state index in [9.17, 15) is 9.59 Å². The summed E-state index contributed by atoms with van der Waals surface area (Å²) < 4.78 is 6.72. The van der Waals surface area contributed by atoms with Gasteiger partial charge < -0.3 is 9.64 Å². The molecule has 1 atom stereocenters. The predicted molar refractivity (Wildman–Crippen MR) is 132 cm³/mol. The molecule has 2 aromatic heterocycles. The molecule has 2 saturated heterocycles. The zero-order valence-corrected chi connectivity index (χ0v) is 20.8. The molecule has 0 aromatic carbocycles. The number of esters is 1. The molecule has 0 N–H and O–H groups in total. The number of tetrazole rings is 1. The van der Waals surface area contributed by atoms with Gasteiger partial charge in [0.05, 0.1) is 18.1 Å². The highest BCUT2D eigenvalue weighted by Crippen LogP contribution is 2.35. The summed E-state index contributed by atoms with van der Waals surface area (Å²) >= 11 is 0. The first kappa shape index (κ1) is 24.3. The minimum atomic E-state index is -0.191. The molecule has 0 radical (unpaired) electrons. The normalized spacial score (nSPS) is 22.8. The molecule has 36 heavy (non-hydrogen) atoms. The molecule has 1 unspecified atom stereocenters. The number of hydrogen-bond acceptors (Lipinski definition) is 8. The first-order chi connectivity index (χ1) is 17.6. The number of allylic oxidation sites excluding steroid dienone is 2. The number of cyclic esters (lactones) is 1. The lowest BCUT2D eigenvalue weighted by Crippen LogP contribution is -2.49. The maximum absolute atomic E-state index is 13.3. The van der Waals surface area contributed by atoms with Gasteiger partial charge in [0.25, 0.3) is 0 Å². The maximum atomic E-state index is 13.3. The van der Waals surface area contributed by atoms with Crippen molar-refractivity contribution in [1.82, 2.24) is 35.0 Å². The number of pyridine rings is 1. The Morgan fingerprint density at radius 2 is 2.06 bits per heavy atom. The Balaban J connectivity index is 1.09. The Kier molecular flexibility index (Phi) is 7.50. The van der Waals surface area contributed by atoms with Crippen molar-refractivity contribution < 1.29 is 14.3 Å². The monoisotopic (exact) mass is 491 g/mol. The maximum Gasteiger partial charge on any atom is 0.338 e. The highest BCUT2D eigenvalue weighted by molar-refractivity contribution is 5.94. The number of aryl methyl sites for hydroxylation is 1. The van der Waals surface area contributed by atoms with Gasteiger partial charge in [-0.3, -0.25) is 9.69 Å². The fourth-order valence-electron chi connectivity index (χ4n) is 5.36. The van der Waals surface area contributed by atoms with E-state index in [1.54, 1.807) is 0 Å². The molecule has 10 nitrogen and oxygen atoms in total. The number of carbonyl (C=O) groups is 2. The van der Waals surface area contributed by atoms with E-state index in [0.717, 1.165) is 93.5 Å². The summed E-state index contributed by atoms with van der Waals surface area (Å²) in [5, 5.41) is 11.2. The number of ether oxygens (including phenoxy) is 1. The second kappa shape index (κ2) is 11.1. The van der Waals surface area contributed by atoms with E-state index in [0.29, 0.717) is 12.4 Å². The van der Waals surface area contributed by atoms with E-state index < -0.39 is 0 Å². The van der Waals surface area contributed by atoms with Crippen LogP contribution in [0.2, 0.25) is 0 Å². The van der Waals surface area contributed by atoms with Crippen molar-refractivity contribution in [2.75, 3.05) is 39.3 Å². The van der Waals surface area contributed by atoms with Gasteiger partial charge in [-0.2, -0.15) is 4.68 Å². The van der Waals surface area contributed by atoms with Gasteiger partial charge in [-0.05, 0) is 71.8 Å². The van der Waals surface area contributed by atoms with E-state index in [4.69, 9.17) is 4.74 Å². The van der Waals surface area contributed by atoms with E-state index >= 15 is 0 Å². The number of rotatable bonds is 7. The molecule has 2 fully saturated rings. The van der Waals surface area contributed by atoms with Gasteiger partial charge in [0, 0.05) is 38.8 Å². The molecule has 1 aliphatic carbocycles. The molecular formula is C26H33N7O3. The van der Waals surface area contributed by atoms with Crippen molar-refractivity contribution in [3.05, 3.63) is 53.0 Å². The van der Waals surface area contributed by atoms with Crippen LogP contribution in [0.1, 0.15) is 56.1 Å². The van der Waals surface area contributed by atoms with Crippen molar-refractivity contribution in [3.8, 4) is 5.82 Å². The van der Waals surface area contributed by atoms with E-state index in [-0.39, 0.29) is 17.8 Å². The topological polar surface area (TPSA) is 106 Å². The van der Waals surface area contributed by atoms with Gasteiger partial charge in [-0.15, -0.1) is 5.10 Å². The van der Waals surface area contributed by atoms with Crippen molar-refractivity contribution in [3.63, 3.8) is 0 Å². The smallest absolute Gasteiger partial charge is 0.338 e. The number of piperazine rings is 1. The fourth-order valence-corrected chi connectivity index (χ4v) is 5.36. The lowest BCUT2D eigenvalue weighted by Gasteiger charge is -2.36. The summed E-state index contributed by atoms with van der Waals surface area (Å²) in [6.45, 7) is 6.82. The van der Waals surface area contributed by atoms with Crippen LogP contribution in [0.25, 0.3) is 5.82 Å². The van der Waals surface area contributed by atoms with Gasteiger partial charge in [0.1, 0.15) is 6.33 Å². The van der Waals surface area contributed by atoms with Crippen LogP contribution in [0.4, 0.5) is 0 Å². The Bertz CT molecular complexity index is 1150. The average Bonchev–Trinajstić information content (AvgIpc) is 3.58. The van der Waals surface area contributed by atoms with Gasteiger partial charge in [0.2, 0.25) is 5.91 Å². The number of fused-ring (bicyclic) bond motifs is 1. The Morgan fingerprint density at radius 3 is 2.83 bits per heavy atom. The minimum absolute atomic E-state index is 0.110.